The molecule has 3 nitrogen and oxygen atoms in total. The second kappa shape index (κ2) is 6.66. The minimum atomic E-state index is -0.990. The number of fused-ring (bicyclic) bond motifs is 1. The lowest BCUT2D eigenvalue weighted by Crippen LogP contribution is -2.30. The number of benzene rings is 3. The first kappa shape index (κ1) is 15.9. The maximum atomic E-state index is 13.2. The summed E-state index contributed by atoms with van der Waals surface area (Å²) in [6.45, 7) is 0.0946. The molecule has 0 aromatic heterocycles. The maximum absolute atomic E-state index is 13.2. The van der Waals surface area contributed by atoms with Gasteiger partial charge in [-0.25, -0.2) is 8.78 Å². The molecule has 0 aliphatic carbocycles. The Morgan fingerprint density at radius 1 is 0.958 bits per heavy atom. The number of rotatable bonds is 4. The van der Waals surface area contributed by atoms with Crippen molar-refractivity contribution >= 4 is 28.1 Å². The lowest BCUT2D eigenvalue weighted by atomic mass is 10.1. The molecule has 3 aromatic carbocycles. The van der Waals surface area contributed by atoms with E-state index in [-0.39, 0.29) is 18.1 Å². The Morgan fingerprint density at radius 3 is 2.46 bits per heavy atom. The van der Waals surface area contributed by atoms with E-state index < -0.39 is 11.6 Å². The maximum Gasteiger partial charge on any atom is 0.243 e. The van der Waals surface area contributed by atoms with E-state index in [1.54, 1.807) is 11.9 Å². The summed E-state index contributed by atoms with van der Waals surface area (Å²) in [4.78, 5) is 13.9. The molecule has 122 valence electrons. The number of amides is 1. The van der Waals surface area contributed by atoms with Crippen LogP contribution in [0.4, 0.5) is 20.2 Å². The quantitative estimate of drug-likeness (QED) is 0.779. The number of carbonyl (C=O) groups excluding carboxylic acids is 1. The third-order valence-electron chi connectivity index (χ3n) is 3.76. The van der Waals surface area contributed by atoms with Crippen LogP contribution in [0, 0.1) is 11.6 Å². The van der Waals surface area contributed by atoms with Gasteiger partial charge in [-0.15, -0.1) is 0 Å². The molecule has 3 rings (SSSR count). The smallest absolute Gasteiger partial charge is 0.243 e. The van der Waals surface area contributed by atoms with Gasteiger partial charge in [0.1, 0.15) is 0 Å². The molecule has 0 fully saturated rings. The Labute approximate surface area is 138 Å². The van der Waals surface area contributed by atoms with Crippen LogP contribution < -0.4 is 10.2 Å². The summed E-state index contributed by atoms with van der Waals surface area (Å²) in [6, 6.07) is 17.2. The van der Waals surface area contributed by atoms with Crippen molar-refractivity contribution in [2.75, 3.05) is 23.8 Å². The molecule has 24 heavy (non-hydrogen) atoms. The van der Waals surface area contributed by atoms with Crippen LogP contribution in [0.25, 0.3) is 10.8 Å². The topological polar surface area (TPSA) is 32.3 Å². The molecule has 0 bridgehead atoms. The summed E-state index contributed by atoms with van der Waals surface area (Å²) in [5.41, 5.74) is 1.12. The molecule has 0 aliphatic rings. The van der Waals surface area contributed by atoms with Crippen LogP contribution in [0.15, 0.2) is 60.7 Å². The van der Waals surface area contributed by atoms with Gasteiger partial charge in [0.25, 0.3) is 0 Å². The first-order valence-corrected chi connectivity index (χ1v) is 7.48. The van der Waals surface area contributed by atoms with Gasteiger partial charge in [-0.2, -0.15) is 0 Å². The molecule has 5 heteroatoms. The molecule has 0 radical (unpaired) electrons. The minimum Gasteiger partial charge on any atom is -0.365 e. The lowest BCUT2D eigenvalue weighted by Gasteiger charge is -2.19. The summed E-state index contributed by atoms with van der Waals surface area (Å²) in [5.74, 6) is -2.24. The van der Waals surface area contributed by atoms with Gasteiger partial charge in [-0.3, -0.25) is 4.79 Å². The number of nitrogens with zero attached hydrogens (tertiary/aromatic N) is 1. The first-order chi connectivity index (χ1) is 11.5. The van der Waals surface area contributed by atoms with Crippen LogP contribution in [0.5, 0.6) is 0 Å². The SMILES string of the molecule is CN(CC(=O)Nc1ccc(F)c(F)c1)c1ccc2ccccc2c1. The molecule has 1 amide bonds. The van der Waals surface area contributed by atoms with Gasteiger partial charge in [0, 0.05) is 24.5 Å². The standard InChI is InChI=1S/C19H16F2N2O/c1-23(16-8-6-13-4-2-3-5-14(13)10-16)12-19(24)22-15-7-9-17(20)18(21)11-15/h2-11H,12H2,1H3,(H,22,24). The Hall–Kier alpha value is -2.95. The Bertz CT molecular complexity index is 895. The fourth-order valence-corrected chi connectivity index (χ4v) is 2.50. The molecule has 0 saturated carbocycles. The molecule has 1 N–H and O–H groups in total. The van der Waals surface area contributed by atoms with Crippen LogP contribution >= 0.6 is 0 Å². The zero-order chi connectivity index (χ0) is 17.1. The zero-order valence-electron chi connectivity index (χ0n) is 13.1. The van der Waals surface area contributed by atoms with E-state index in [0.29, 0.717) is 0 Å². The first-order valence-electron chi connectivity index (χ1n) is 7.48. The summed E-state index contributed by atoms with van der Waals surface area (Å²) in [7, 11) is 1.80. The van der Waals surface area contributed by atoms with Crippen molar-refractivity contribution in [2.24, 2.45) is 0 Å². The molecular weight excluding hydrogens is 310 g/mol. The highest BCUT2D eigenvalue weighted by Gasteiger charge is 2.10. The number of likely N-dealkylation sites (N-methyl/N-ethyl adjacent to an activating group) is 1. The molecule has 0 atom stereocenters. The normalized spacial score (nSPS) is 10.6. The minimum absolute atomic E-state index is 0.0946. The molecule has 0 saturated heterocycles. The second-order valence-corrected chi connectivity index (χ2v) is 5.56. The van der Waals surface area contributed by atoms with Crippen molar-refractivity contribution < 1.29 is 13.6 Å². The molecule has 0 aliphatic heterocycles. The van der Waals surface area contributed by atoms with E-state index in [4.69, 9.17) is 0 Å². The van der Waals surface area contributed by atoms with Crippen molar-refractivity contribution in [1.82, 2.24) is 0 Å². The number of halogens is 2. The Balaban J connectivity index is 1.69. The van der Waals surface area contributed by atoms with Crippen LogP contribution in [-0.2, 0) is 4.79 Å². The number of hydrogen-bond acceptors (Lipinski definition) is 2. The predicted octanol–water partition coefficient (Wildman–Crippen LogP) is 4.19. The summed E-state index contributed by atoms with van der Waals surface area (Å²) >= 11 is 0. The average Bonchev–Trinajstić information content (AvgIpc) is 2.57. The fraction of sp³-hybridized carbons (Fsp3) is 0.105. The molecule has 0 spiro atoms. The zero-order valence-corrected chi connectivity index (χ0v) is 13.1. The van der Waals surface area contributed by atoms with Gasteiger partial charge in [0.05, 0.1) is 6.54 Å². The monoisotopic (exact) mass is 326 g/mol. The molecular formula is C19H16F2N2O. The van der Waals surface area contributed by atoms with Gasteiger partial charge in [-0.05, 0) is 35.0 Å². The van der Waals surface area contributed by atoms with E-state index in [1.807, 2.05) is 42.5 Å². The van der Waals surface area contributed by atoms with E-state index in [1.165, 1.54) is 6.07 Å². The van der Waals surface area contributed by atoms with Crippen molar-refractivity contribution in [2.45, 2.75) is 0 Å². The largest absolute Gasteiger partial charge is 0.365 e. The van der Waals surface area contributed by atoms with Gasteiger partial charge in [0.15, 0.2) is 11.6 Å². The summed E-state index contributed by atoms with van der Waals surface area (Å²) < 4.78 is 26.1. The van der Waals surface area contributed by atoms with E-state index >= 15 is 0 Å². The number of nitrogens with one attached hydrogen (secondary N) is 1. The Kier molecular flexibility index (Phi) is 4.42. The van der Waals surface area contributed by atoms with Gasteiger partial charge in [0.2, 0.25) is 5.91 Å². The van der Waals surface area contributed by atoms with Crippen LogP contribution in [0.2, 0.25) is 0 Å². The van der Waals surface area contributed by atoms with Crippen molar-refractivity contribution in [3.8, 4) is 0 Å². The molecule has 0 heterocycles. The third kappa shape index (κ3) is 3.51. The summed E-state index contributed by atoms with van der Waals surface area (Å²) in [6.07, 6.45) is 0. The van der Waals surface area contributed by atoms with Crippen LogP contribution in [-0.4, -0.2) is 19.5 Å². The predicted molar refractivity (Wildman–Crippen MR) is 92.2 cm³/mol. The van der Waals surface area contributed by atoms with Gasteiger partial charge < -0.3 is 10.2 Å². The van der Waals surface area contributed by atoms with Crippen molar-refractivity contribution in [3.63, 3.8) is 0 Å². The van der Waals surface area contributed by atoms with Crippen molar-refractivity contribution in [1.29, 1.82) is 0 Å². The highest BCUT2D eigenvalue weighted by Crippen LogP contribution is 2.21. The highest BCUT2D eigenvalue weighted by molar-refractivity contribution is 5.94. The average molecular weight is 326 g/mol. The number of carbonyl (C=O) groups is 1. The third-order valence-corrected chi connectivity index (χ3v) is 3.76. The van der Waals surface area contributed by atoms with E-state index in [2.05, 4.69) is 5.32 Å². The van der Waals surface area contributed by atoms with Crippen LogP contribution in [0.1, 0.15) is 0 Å². The van der Waals surface area contributed by atoms with Crippen LogP contribution in [0.3, 0.4) is 0 Å². The number of anilines is 2. The number of hydrogen-bond donors (Lipinski definition) is 1. The lowest BCUT2D eigenvalue weighted by molar-refractivity contribution is -0.114. The fourth-order valence-electron chi connectivity index (χ4n) is 2.50. The molecule has 0 unspecified atom stereocenters. The van der Waals surface area contributed by atoms with Gasteiger partial charge >= 0.3 is 0 Å². The van der Waals surface area contributed by atoms with Gasteiger partial charge in [-0.1, -0.05) is 30.3 Å². The highest BCUT2D eigenvalue weighted by atomic mass is 19.2. The van der Waals surface area contributed by atoms with Crippen molar-refractivity contribution in [3.05, 3.63) is 72.3 Å². The molecule has 3 aromatic rings. The van der Waals surface area contributed by atoms with E-state index in [9.17, 15) is 13.6 Å². The Morgan fingerprint density at radius 2 is 1.71 bits per heavy atom. The summed E-state index contributed by atoms with van der Waals surface area (Å²) in [5, 5.41) is 4.77. The second-order valence-electron chi connectivity index (χ2n) is 5.56. The van der Waals surface area contributed by atoms with E-state index in [0.717, 1.165) is 28.6 Å².